The normalized spacial score (nSPS) is 39.3. The molecule has 0 aromatic carbocycles. The highest BCUT2D eigenvalue weighted by Gasteiger charge is 2.39. The summed E-state index contributed by atoms with van der Waals surface area (Å²) in [6.07, 6.45) is 1.95. The van der Waals surface area contributed by atoms with E-state index < -0.39 is 0 Å². The van der Waals surface area contributed by atoms with Gasteiger partial charge in [-0.05, 0) is 32.2 Å². The van der Waals surface area contributed by atoms with Crippen LogP contribution < -0.4 is 5.32 Å². The Morgan fingerprint density at radius 3 is 2.75 bits per heavy atom. The summed E-state index contributed by atoms with van der Waals surface area (Å²) in [4.78, 5) is 14.2. The van der Waals surface area contributed by atoms with E-state index in [2.05, 4.69) is 19.2 Å². The van der Waals surface area contributed by atoms with Crippen LogP contribution in [0.5, 0.6) is 0 Å². The van der Waals surface area contributed by atoms with Crippen molar-refractivity contribution in [2.75, 3.05) is 19.7 Å². The lowest BCUT2D eigenvalue weighted by atomic mass is 9.99. The number of carbonyl (C=O) groups is 1. The third-order valence-corrected chi connectivity index (χ3v) is 4.20. The lowest BCUT2D eigenvalue weighted by Gasteiger charge is -2.29. The van der Waals surface area contributed by atoms with Crippen LogP contribution >= 0.6 is 0 Å². The Morgan fingerprint density at radius 1 is 1.44 bits per heavy atom. The molecule has 4 unspecified atom stereocenters. The largest absolute Gasteiger partial charge is 0.394 e. The molecular formula is C12H22N2O2. The van der Waals surface area contributed by atoms with Crippen molar-refractivity contribution < 1.29 is 9.90 Å². The highest BCUT2D eigenvalue weighted by Crippen LogP contribution is 2.28. The zero-order valence-electron chi connectivity index (χ0n) is 10.1. The predicted molar refractivity (Wildman–Crippen MR) is 61.9 cm³/mol. The molecule has 0 aromatic heterocycles. The molecule has 92 valence electrons. The van der Waals surface area contributed by atoms with Gasteiger partial charge in [0, 0.05) is 12.6 Å². The second-order valence-corrected chi connectivity index (χ2v) is 5.19. The Bertz CT molecular complexity index is 270. The first kappa shape index (κ1) is 11.9. The minimum atomic E-state index is 0.0419. The van der Waals surface area contributed by atoms with Crippen molar-refractivity contribution in [1.29, 1.82) is 0 Å². The molecule has 2 heterocycles. The molecule has 2 fully saturated rings. The first-order chi connectivity index (χ1) is 7.65. The fraction of sp³-hybridized carbons (Fsp3) is 0.917. The van der Waals surface area contributed by atoms with E-state index in [9.17, 15) is 9.90 Å². The number of likely N-dealkylation sites (tertiary alicyclic amines) is 1. The Kier molecular flexibility index (Phi) is 3.50. The van der Waals surface area contributed by atoms with Gasteiger partial charge in [0.15, 0.2) is 0 Å². The topological polar surface area (TPSA) is 52.6 Å². The van der Waals surface area contributed by atoms with Crippen LogP contribution in [0.3, 0.4) is 0 Å². The number of nitrogens with zero attached hydrogens (tertiary/aromatic N) is 1. The Morgan fingerprint density at radius 2 is 2.19 bits per heavy atom. The van der Waals surface area contributed by atoms with Crippen LogP contribution in [0, 0.1) is 11.8 Å². The van der Waals surface area contributed by atoms with E-state index in [1.807, 2.05) is 4.90 Å². The molecule has 0 aliphatic carbocycles. The summed E-state index contributed by atoms with van der Waals surface area (Å²) in [6, 6.07) is 0.322. The van der Waals surface area contributed by atoms with Crippen LogP contribution in [0.25, 0.3) is 0 Å². The van der Waals surface area contributed by atoms with Gasteiger partial charge in [0.1, 0.15) is 0 Å². The lowest BCUT2D eigenvalue weighted by molar-refractivity contribution is -0.137. The molecule has 4 atom stereocenters. The fourth-order valence-corrected chi connectivity index (χ4v) is 2.97. The van der Waals surface area contributed by atoms with E-state index in [0.29, 0.717) is 5.92 Å². The number of hydrogen-bond acceptors (Lipinski definition) is 3. The van der Waals surface area contributed by atoms with E-state index in [1.54, 1.807) is 0 Å². The zero-order chi connectivity index (χ0) is 11.7. The summed E-state index contributed by atoms with van der Waals surface area (Å²) in [6.45, 7) is 6.04. The number of aliphatic hydroxyl groups excluding tert-OH is 1. The van der Waals surface area contributed by atoms with Crippen LogP contribution in [0.1, 0.15) is 26.7 Å². The number of rotatable bonds is 2. The molecule has 2 rings (SSSR count). The second-order valence-electron chi connectivity index (χ2n) is 5.19. The number of carbonyl (C=O) groups excluding carboxylic acids is 1. The second kappa shape index (κ2) is 4.72. The molecule has 2 aliphatic rings. The van der Waals surface area contributed by atoms with Crippen LogP contribution in [0.2, 0.25) is 0 Å². The lowest BCUT2D eigenvalue weighted by Crippen LogP contribution is -2.45. The highest BCUT2D eigenvalue weighted by atomic mass is 16.3. The highest BCUT2D eigenvalue weighted by molar-refractivity contribution is 5.80. The summed E-state index contributed by atoms with van der Waals surface area (Å²) in [5, 5.41) is 12.7. The first-order valence-corrected chi connectivity index (χ1v) is 6.30. The summed E-state index contributed by atoms with van der Waals surface area (Å²) < 4.78 is 0. The predicted octanol–water partition coefficient (Wildman–Crippen LogP) is 0.214. The maximum atomic E-state index is 12.3. The van der Waals surface area contributed by atoms with Crippen molar-refractivity contribution in [3.05, 3.63) is 0 Å². The van der Waals surface area contributed by atoms with Crippen molar-refractivity contribution in [1.82, 2.24) is 10.2 Å². The van der Waals surface area contributed by atoms with Crippen LogP contribution in [0.15, 0.2) is 0 Å². The first-order valence-electron chi connectivity index (χ1n) is 6.30. The van der Waals surface area contributed by atoms with E-state index >= 15 is 0 Å². The molecule has 2 aliphatic heterocycles. The van der Waals surface area contributed by atoms with Gasteiger partial charge in [-0.3, -0.25) is 4.79 Å². The number of aliphatic hydroxyl groups is 1. The smallest absolute Gasteiger partial charge is 0.227 e. The molecular weight excluding hydrogens is 204 g/mol. The Hall–Kier alpha value is -0.610. The molecule has 16 heavy (non-hydrogen) atoms. The molecule has 0 spiro atoms. The van der Waals surface area contributed by atoms with Crippen molar-refractivity contribution in [3.8, 4) is 0 Å². The molecule has 2 saturated heterocycles. The van der Waals surface area contributed by atoms with Gasteiger partial charge >= 0.3 is 0 Å². The van der Waals surface area contributed by atoms with Gasteiger partial charge in [-0.15, -0.1) is 0 Å². The van der Waals surface area contributed by atoms with E-state index in [0.717, 1.165) is 25.9 Å². The van der Waals surface area contributed by atoms with Gasteiger partial charge in [0.25, 0.3) is 0 Å². The monoisotopic (exact) mass is 226 g/mol. The van der Waals surface area contributed by atoms with Gasteiger partial charge in [0.2, 0.25) is 5.91 Å². The van der Waals surface area contributed by atoms with Crippen LogP contribution in [-0.4, -0.2) is 47.7 Å². The number of amides is 1. The number of hydrogen-bond donors (Lipinski definition) is 2. The molecule has 4 nitrogen and oxygen atoms in total. The van der Waals surface area contributed by atoms with Gasteiger partial charge < -0.3 is 15.3 Å². The van der Waals surface area contributed by atoms with E-state index in [-0.39, 0.29) is 30.5 Å². The van der Waals surface area contributed by atoms with Crippen molar-refractivity contribution in [2.24, 2.45) is 11.8 Å². The van der Waals surface area contributed by atoms with Crippen LogP contribution in [0.4, 0.5) is 0 Å². The van der Waals surface area contributed by atoms with Gasteiger partial charge in [-0.2, -0.15) is 0 Å². The van der Waals surface area contributed by atoms with E-state index in [4.69, 9.17) is 0 Å². The molecule has 0 saturated carbocycles. The molecule has 0 aromatic rings. The summed E-state index contributed by atoms with van der Waals surface area (Å²) in [7, 11) is 0. The third-order valence-electron chi connectivity index (χ3n) is 4.20. The minimum absolute atomic E-state index is 0.0419. The molecule has 2 N–H and O–H groups in total. The van der Waals surface area contributed by atoms with Crippen molar-refractivity contribution in [2.45, 2.75) is 38.8 Å². The maximum absolute atomic E-state index is 12.3. The Balaban J connectivity index is 2.04. The standard InChI is InChI=1S/C12H22N2O2/c1-8-4-6-14(11(8)7-15)12(16)10-3-5-13-9(10)2/h8-11,13,15H,3-7H2,1-2H3. The summed E-state index contributed by atoms with van der Waals surface area (Å²) in [5.74, 6) is 0.777. The number of nitrogens with one attached hydrogen (secondary N) is 1. The Labute approximate surface area is 97.0 Å². The minimum Gasteiger partial charge on any atom is -0.394 e. The van der Waals surface area contributed by atoms with E-state index in [1.165, 1.54) is 0 Å². The van der Waals surface area contributed by atoms with Crippen molar-refractivity contribution >= 4 is 5.91 Å². The van der Waals surface area contributed by atoms with Crippen LogP contribution in [-0.2, 0) is 4.79 Å². The molecule has 0 bridgehead atoms. The van der Waals surface area contributed by atoms with Gasteiger partial charge in [-0.25, -0.2) is 0 Å². The quantitative estimate of drug-likeness (QED) is 0.708. The molecule has 0 radical (unpaired) electrons. The van der Waals surface area contributed by atoms with Gasteiger partial charge in [-0.1, -0.05) is 6.92 Å². The summed E-state index contributed by atoms with van der Waals surface area (Å²) in [5.41, 5.74) is 0. The van der Waals surface area contributed by atoms with Gasteiger partial charge in [0.05, 0.1) is 18.6 Å². The maximum Gasteiger partial charge on any atom is 0.227 e. The van der Waals surface area contributed by atoms with Crippen molar-refractivity contribution in [3.63, 3.8) is 0 Å². The average Bonchev–Trinajstić information content (AvgIpc) is 2.83. The molecule has 4 heteroatoms. The fourth-order valence-electron chi connectivity index (χ4n) is 2.97. The average molecular weight is 226 g/mol. The SMILES string of the molecule is CC1CCN(C(=O)C2CCNC2C)C1CO. The zero-order valence-corrected chi connectivity index (χ0v) is 10.1. The summed E-state index contributed by atoms with van der Waals surface area (Å²) >= 11 is 0. The molecule has 1 amide bonds. The third kappa shape index (κ3) is 1.96.